The molecule has 0 radical (unpaired) electrons. The third-order valence-corrected chi connectivity index (χ3v) is 4.45. The number of carbonyl (C=O) groups excluding carboxylic acids is 1. The molecule has 1 atom stereocenters. The minimum absolute atomic E-state index is 0.109. The summed E-state index contributed by atoms with van der Waals surface area (Å²) in [4.78, 5) is 39.7. The summed E-state index contributed by atoms with van der Waals surface area (Å²) in [5.41, 5.74) is 0.661. The number of nitro groups is 1. The number of hydrogen-bond donors (Lipinski definition) is 1. The van der Waals surface area contributed by atoms with Crippen LogP contribution in [0.3, 0.4) is 0 Å². The number of hydrogen-bond acceptors (Lipinski definition) is 5. The Morgan fingerprint density at radius 3 is 2.68 bits per heavy atom. The Bertz CT molecular complexity index is 1060. The molecule has 0 unspecified atom stereocenters. The molecule has 1 heterocycles. The molecular formula is C20H20N4O4. The maximum Gasteiger partial charge on any atom is 0.270 e. The van der Waals surface area contributed by atoms with Crippen LogP contribution in [0.4, 0.5) is 5.69 Å². The Balaban J connectivity index is 1.83. The van der Waals surface area contributed by atoms with Crippen molar-refractivity contribution in [1.82, 2.24) is 14.9 Å². The van der Waals surface area contributed by atoms with Crippen LogP contribution < -0.4 is 10.9 Å². The molecule has 0 aliphatic carbocycles. The SMILES string of the molecule is CCC[C@H](NC(=O)Cn1cnc2ccc([N+](=O)[O-])cc2c1=O)c1ccccc1. The number of fused-ring (bicyclic) bond motifs is 1. The molecule has 8 heteroatoms. The number of non-ortho nitro benzene ring substituents is 1. The third kappa shape index (κ3) is 4.22. The van der Waals surface area contributed by atoms with E-state index in [1.165, 1.54) is 24.5 Å². The summed E-state index contributed by atoms with van der Waals surface area (Å²) in [6.45, 7) is 1.82. The van der Waals surface area contributed by atoms with Crippen molar-refractivity contribution in [2.45, 2.75) is 32.4 Å². The Labute approximate surface area is 161 Å². The highest BCUT2D eigenvalue weighted by Crippen LogP contribution is 2.18. The van der Waals surface area contributed by atoms with E-state index in [0.29, 0.717) is 5.52 Å². The summed E-state index contributed by atoms with van der Waals surface area (Å²) in [6.07, 6.45) is 2.95. The number of nitrogens with one attached hydrogen (secondary N) is 1. The lowest BCUT2D eigenvalue weighted by Gasteiger charge is -2.19. The van der Waals surface area contributed by atoms with E-state index in [9.17, 15) is 19.7 Å². The molecule has 0 aliphatic heterocycles. The number of rotatable bonds is 7. The number of aromatic nitrogens is 2. The highest BCUT2D eigenvalue weighted by Gasteiger charge is 2.16. The molecule has 1 amide bonds. The van der Waals surface area contributed by atoms with Crippen LogP contribution in [-0.4, -0.2) is 20.4 Å². The van der Waals surface area contributed by atoms with Crippen LogP contribution in [0.15, 0.2) is 59.7 Å². The van der Waals surface area contributed by atoms with Gasteiger partial charge in [-0.25, -0.2) is 4.98 Å². The van der Waals surface area contributed by atoms with Crippen LogP contribution >= 0.6 is 0 Å². The number of nitro benzene ring substituents is 1. The molecule has 0 saturated heterocycles. The fourth-order valence-corrected chi connectivity index (χ4v) is 3.06. The number of benzene rings is 2. The molecule has 3 aromatic rings. The zero-order valence-corrected chi connectivity index (χ0v) is 15.4. The van der Waals surface area contributed by atoms with Crippen LogP contribution in [0.2, 0.25) is 0 Å². The Morgan fingerprint density at radius 2 is 2.00 bits per heavy atom. The molecule has 0 bridgehead atoms. The summed E-state index contributed by atoms with van der Waals surface area (Å²) >= 11 is 0. The second kappa shape index (κ2) is 8.43. The van der Waals surface area contributed by atoms with Gasteiger partial charge in [0.2, 0.25) is 5.91 Å². The molecule has 1 N–H and O–H groups in total. The predicted octanol–water partition coefficient (Wildman–Crippen LogP) is 2.96. The van der Waals surface area contributed by atoms with E-state index < -0.39 is 10.5 Å². The molecule has 144 valence electrons. The van der Waals surface area contributed by atoms with Crippen LogP contribution in [0.5, 0.6) is 0 Å². The molecule has 1 aromatic heterocycles. The topological polar surface area (TPSA) is 107 Å². The van der Waals surface area contributed by atoms with E-state index in [1.807, 2.05) is 37.3 Å². The monoisotopic (exact) mass is 380 g/mol. The van der Waals surface area contributed by atoms with Gasteiger partial charge >= 0.3 is 0 Å². The van der Waals surface area contributed by atoms with E-state index in [1.54, 1.807) is 0 Å². The molecule has 2 aromatic carbocycles. The minimum atomic E-state index is -0.571. The van der Waals surface area contributed by atoms with Crippen molar-refractivity contribution in [2.24, 2.45) is 0 Å². The van der Waals surface area contributed by atoms with Gasteiger partial charge in [0, 0.05) is 12.1 Å². The second-order valence-corrected chi connectivity index (χ2v) is 6.46. The number of amides is 1. The van der Waals surface area contributed by atoms with Gasteiger partial charge in [-0.3, -0.25) is 24.3 Å². The first-order valence-electron chi connectivity index (χ1n) is 8.97. The van der Waals surface area contributed by atoms with Crippen molar-refractivity contribution in [1.29, 1.82) is 0 Å². The largest absolute Gasteiger partial charge is 0.348 e. The first-order valence-corrected chi connectivity index (χ1v) is 8.97. The minimum Gasteiger partial charge on any atom is -0.348 e. The van der Waals surface area contributed by atoms with Crippen molar-refractivity contribution in [3.8, 4) is 0 Å². The normalized spacial score (nSPS) is 11.9. The van der Waals surface area contributed by atoms with Gasteiger partial charge in [0.25, 0.3) is 11.2 Å². The van der Waals surface area contributed by atoms with Gasteiger partial charge < -0.3 is 5.32 Å². The van der Waals surface area contributed by atoms with Gasteiger partial charge in [-0.2, -0.15) is 0 Å². The average Bonchev–Trinajstić information content (AvgIpc) is 2.70. The first-order chi connectivity index (χ1) is 13.5. The molecular weight excluding hydrogens is 360 g/mol. The van der Waals surface area contributed by atoms with E-state index >= 15 is 0 Å². The second-order valence-electron chi connectivity index (χ2n) is 6.46. The standard InChI is InChI=1S/C20H20N4O4/c1-2-6-17(14-7-4-3-5-8-14)22-19(25)12-23-13-21-18-10-9-15(24(27)28)11-16(18)20(23)26/h3-5,7-11,13,17H,2,6,12H2,1H3,(H,22,25)/t17-/m0/s1. The maximum atomic E-state index is 12.6. The van der Waals surface area contributed by atoms with Crippen LogP contribution in [0.1, 0.15) is 31.4 Å². The third-order valence-electron chi connectivity index (χ3n) is 4.45. The van der Waals surface area contributed by atoms with Gasteiger partial charge in [0.05, 0.1) is 28.2 Å². The first kappa shape index (κ1) is 19.2. The van der Waals surface area contributed by atoms with Gasteiger partial charge in [-0.05, 0) is 18.1 Å². The lowest BCUT2D eigenvalue weighted by molar-refractivity contribution is -0.384. The van der Waals surface area contributed by atoms with E-state index in [2.05, 4.69) is 10.3 Å². The number of nitrogens with zero attached hydrogens (tertiary/aromatic N) is 3. The van der Waals surface area contributed by atoms with Crippen molar-refractivity contribution in [2.75, 3.05) is 0 Å². The molecule has 0 fully saturated rings. The van der Waals surface area contributed by atoms with E-state index in [0.717, 1.165) is 23.0 Å². The zero-order chi connectivity index (χ0) is 20.1. The van der Waals surface area contributed by atoms with Gasteiger partial charge in [-0.15, -0.1) is 0 Å². The Kier molecular flexibility index (Phi) is 5.78. The quantitative estimate of drug-likeness (QED) is 0.501. The highest BCUT2D eigenvalue weighted by molar-refractivity contribution is 5.81. The van der Waals surface area contributed by atoms with Crippen molar-refractivity contribution in [3.63, 3.8) is 0 Å². The molecule has 0 spiro atoms. The van der Waals surface area contributed by atoms with Crippen molar-refractivity contribution >= 4 is 22.5 Å². The van der Waals surface area contributed by atoms with Gasteiger partial charge in [-0.1, -0.05) is 43.7 Å². The molecule has 28 heavy (non-hydrogen) atoms. The van der Waals surface area contributed by atoms with Gasteiger partial charge in [0.1, 0.15) is 6.54 Å². The molecule has 3 rings (SSSR count). The van der Waals surface area contributed by atoms with Gasteiger partial charge in [0.15, 0.2) is 0 Å². The summed E-state index contributed by atoms with van der Waals surface area (Å²) in [5, 5.41) is 14.0. The van der Waals surface area contributed by atoms with Crippen molar-refractivity contribution < 1.29 is 9.72 Å². The van der Waals surface area contributed by atoms with Crippen LogP contribution in [-0.2, 0) is 11.3 Å². The average molecular weight is 380 g/mol. The lowest BCUT2D eigenvalue weighted by atomic mass is 10.0. The summed E-state index contributed by atoms with van der Waals surface area (Å²) in [7, 11) is 0. The zero-order valence-electron chi connectivity index (χ0n) is 15.4. The summed E-state index contributed by atoms with van der Waals surface area (Å²) < 4.78 is 1.16. The lowest BCUT2D eigenvalue weighted by Crippen LogP contribution is -2.34. The summed E-state index contributed by atoms with van der Waals surface area (Å²) in [6, 6.07) is 13.4. The Morgan fingerprint density at radius 1 is 1.25 bits per heavy atom. The van der Waals surface area contributed by atoms with E-state index in [4.69, 9.17) is 0 Å². The number of carbonyl (C=O) groups is 1. The Hall–Kier alpha value is -3.55. The fourth-order valence-electron chi connectivity index (χ4n) is 3.06. The predicted molar refractivity (Wildman–Crippen MR) is 105 cm³/mol. The summed E-state index contributed by atoms with van der Waals surface area (Å²) in [5.74, 6) is -0.323. The smallest absolute Gasteiger partial charge is 0.270 e. The van der Waals surface area contributed by atoms with E-state index in [-0.39, 0.29) is 29.6 Å². The molecule has 0 saturated carbocycles. The highest BCUT2D eigenvalue weighted by atomic mass is 16.6. The van der Waals surface area contributed by atoms with Crippen LogP contribution in [0, 0.1) is 10.1 Å². The van der Waals surface area contributed by atoms with Crippen LogP contribution in [0.25, 0.3) is 10.9 Å². The fraction of sp³-hybridized carbons (Fsp3) is 0.250. The molecule has 0 aliphatic rings. The maximum absolute atomic E-state index is 12.6. The molecule has 8 nitrogen and oxygen atoms in total. The van der Waals surface area contributed by atoms with Crippen molar-refractivity contribution in [3.05, 3.63) is 80.9 Å².